The van der Waals surface area contributed by atoms with Gasteiger partial charge in [0.25, 0.3) is 0 Å². The molecule has 4 heteroatoms. The van der Waals surface area contributed by atoms with Crippen molar-refractivity contribution in [1.82, 2.24) is 0 Å². The molecule has 0 unspecified atom stereocenters. The predicted octanol–water partition coefficient (Wildman–Crippen LogP) is 1.84. The molecule has 1 aromatic carbocycles. The van der Waals surface area contributed by atoms with E-state index in [9.17, 15) is 9.59 Å². The maximum atomic E-state index is 11.5. The van der Waals surface area contributed by atoms with E-state index < -0.39 is 11.9 Å². The first-order valence-electron chi connectivity index (χ1n) is 5.26. The van der Waals surface area contributed by atoms with Gasteiger partial charge in [-0.25, -0.2) is 9.59 Å². The third-order valence-electron chi connectivity index (χ3n) is 3.28. The Bertz CT molecular complexity index is 456. The van der Waals surface area contributed by atoms with Crippen LogP contribution in [0.2, 0.25) is 0 Å². The number of aliphatic hydroxyl groups is 1. The molecule has 2 rings (SSSR count). The predicted molar refractivity (Wildman–Crippen MR) is 63.3 cm³/mol. The average Bonchev–Trinajstić information content (AvgIpc) is 2.61. The van der Waals surface area contributed by atoms with Gasteiger partial charge in [0.2, 0.25) is 0 Å². The van der Waals surface area contributed by atoms with Crippen molar-refractivity contribution in [3.05, 3.63) is 33.4 Å². The molecule has 1 heterocycles. The van der Waals surface area contributed by atoms with Crippen LogP contribution >= 0.6 is 0 Å². The molecule has 1 N–H and O–H groups in total. The topological polar surface area (TPSA) is 63.6 Å². The van der Waals surface area contributed by atoms with Gasteiger partial charge in [-0.3, -0.25) is 0 Å². The highest BCUT2D eigenvalue weighted by Gasteiger charge is 2.34. The molecule has 0 saturated heterocycles. The van der Waals surface area contributed by atoms with Crippen molar-refractivity contribution in [2.75, 3.05) is 7.11 Å². The minimum atomic E-state index is -0.515. The van der Waals surface area contributed by atoms with Gasteiger partial charge in [-0.2, -0.15) is 0 Å². The van der Waals surface area contributed by atoms with Crippen molar-refractivity contribution < 1.29 is 19.4 Å². The van der Waals surface area contributed by atoms with E-state index in [-0.39, 0.29) is 0 Å². The molecule has 4 nitrogen and oxygen atoms in total. The summed E-state index contributed by atoms with van der Waals surface area (Å²) in [5.41, 5.74) is 4.70. The van der Waals surface area contributed by atoms with Crippen molar-refractivity contribution in [3.63, 3.8) is 0 Å². The second-order valence-electron chi connectivity index (χ2n) is 3.93. The summed E-state index contributed by atoms with van der Waals surface area (Å²) in [4.78, 5) is 22.9. The van der Waals surface area contributed by atoms with Crippen LogP contribution in [0.4, 0.5) is 0 Å². The van der Waals surface area contributed by atoms with Crippen molar-refractivity contribution >= 4 is 11.9 Å². The number of esters is 2. The van der Waals surface area contributed by atoms with Gasteiger partial charge in [-0.1, -0.05) is 0 Å². The van der Waals surface area contributed by atoms with Crippen molar-refractivity contribution in [3.8, 4) is 0 Å². The van der Waals surface area contributed by atoms with Crippen LogP contribution in [-0.4, -0.2) is 24.2 Å². The standard InChI is InChI=1S/C12H12O3.CH4O/c1-5-6(2)8(4)10-9(7(5)3)11(13)15-12(10)14;1-2/h1-4H3;2H,1H3. The van der Waals surface area contributed by atoms with E-state index in [1.54, 1.807) is 0 Å². The average molecular weight is 236 g/mol. The lowest BCUT2D eigenvalue weighted by molar-refractivity contribution is 0.0443. The molecule has 0 spiro atoms. The number of aliphatic hydroxyl groups excluding tert-OH is 1. The lowest BCUT2D eigenvalue weighted by Crippen LogP contribution is -2.04. The zero-order valence-corrected chi connectivity index (χ0v) is 10.7. The van der Waals surface area contributed by atoms with E-state index >= 15 is 0 Å². The number of hydrogen-bond acceptors (Lipinski definition) is 4. The normalized spacial score (nSPS) is 12.8. The quantitative estimate of drug-likeness (QED) is 0.551. The molecule has 0 aromatic heterocycles. The number of rotatable bonds is 0. The van der Waals surface area contributed by atoms with Gasteiger partial charge in [0, 0.05) is 7.11 Å². The Hall–Kier alpha value is -1.68. The highest BCUT2D eigenvalue weighted by molar-refractivity contribution is 6.16. The van der Waals surface area contributed by atoms with E-state index in [4.69, 9.17) is 5.11 Å². The minimum absolute atomic E-state index is 0.445. The number of fused-ring (bicyclic) bond motifs is 1. The smallest absolute Gasteiger partial charge is 0.347 e. The second-order valence-corrected chi connectivity index (χ2v) is 3.93. The number of ether oxygens (including phenoxy) is 1. The Morgan fingerprint density at radius 3 is 1.29 bits per heavy atom. The van der Waals surface area contributed by atoms with Crippen LogP contribution < -0.4 is 0 Å². The van der Waals surface area contributed by atoms with Gasteiger partial charge in [0.15, 0.2) is 0 Å². The molecule has 1 aliphatic rings. The summed E-state index contributed by atoms with van der Waals surface area (Å²) >= 11 is 0. The maximum Gasteiger partial charge on any atom is 0.347 e. The second kappa shape index (κ2) is 4.67. The third kappa shape index (κ3) is 1.85. The fourth-order valence-corrected chi connectivity index (χ4v) is 2.01. The maximum absolute atomic E-state index is 11.5. The van der Waals surface area contributed by atoms with Crippen molar-refractivity contribution in [2.45, 2.75) is 27.7 Å². The summed E-state index contributed by atoms with van der Waals surface area (Å²) in [6, 6.07) is 0. The van der Waals surface area contributed by atoms with Crippen LogP contribution in [0, 0.1) is 27.7 Å². The Morgan fingerprint density at radius 2 is 1.00 bits per heavy atom. The molecule has 0 radical (unpaired) electrons. The minimum Gasteiger partial charge on any atom is -0.400 e. The summed E-state index contributed by atoms with van der Waals surface area (Å²) in [5, 5.41) is 7.00. The molecule has 1 aromatic rings. The van der Waals surface area contributed by atoms with Gasteiger partial charge < -0.3 is 9.84 Å². The monoisotopic (exact) mass is 236 g/mol. The molecule has 0 amide bonds. The molecule has 0 atom stereocenters. The lowest BCUT2D eigenvalue weighted by Gasteiger charge is -2.11. The molecule has 0 saturated carbocycles. The van der Waals surface area contributed by atoms with Crippen LogP contribution in [0.25, 0.3) is 0 Å². The van der Waals surface area contributed by atoms with Gasteiger partial charge in [0.05, 0.1) is 11.1 Å². The zero-order chi connectivity index (χ0) is 13.3. The summed E-state index contributed by atoms with van der Waals surface area (Å²) < 4.78 is 4.63. The highest BCUT2D eigenvalue weighted by atomic mass is 16.6. The molecular weight excluding hydrogens is 220 g/mol. The first-order valence-corrected chi connectivity index (χ1v) is 5.26. The van der Waals surface area contributed by atoms with Crippen LogP contribution in [0.5, 0.6) is 0 Å². The molecule has 17 heavy (non-hydrogen) atoms. The molecular formula is C13H16O4. The van der Waals surface area contributed by atoms with Gasteiger partial charge in [-0.15, -0.1) is 0 Å². The largest absolute Gasteiger partial charge is 0.400 e. The Labute approximate surface area is 100 Å². The number of benzene rings is 1. The number of cyclic esters (lactones) is 2. The van der Waals surface area contributed by atoms with Gasteiger partial charge in [-0.05, 0) is 49.9 Å². The Morgan fingerprint density at radius 1 is 0.706 bits per heavy atom. The molecule has 0 fully saturated rings. The van der Waals surface area contributed by atoms with Crippen LogP contribution in [0.1, 0.15) is 43.0 Å². The number of carbonyl (C=O) groups excluding carboxylic acids is 2. The molecule has 0 aliphatic carbocycles. The van der Waals surface area contributed by atoms with Crippen molar-refractivity contribution in [2.24, 2.45) is 0 Å². The molecule has 92 valence electrons. The first-order chi connectivity index (χ1) is 7.95. The van der Waals surface area contributed by atoms with Gasteiger partial charge in [0.1, 0.15) is 0 Å². The highest BCUT2D eigenvalue weighted by Crippen LogP contribution is 2.31. The fourth-order valence-electron chi connectivity index (χ4n) is 2.01. The number of carbonyl (C=O) groups is 2. The first kappa shape index (κ1) is 13.4. The third-order valence-corrected chi connectivity index (χ3v) is 3.28. The zero-order valence-electron chi connectivity index (χ0n) is 10.7. The SMILES string of the molecule is CO.Cc1c(C)c(C)c2c(c1C)C(=O)OC2=O. The van der Waals surface area contributed by atoms with E-state index in [0.717, 1.165) is 29.4 Å². The Balaban J connectivity index is 0.000000686. The van der Waals surface area contributed by atoms with Crippen LogP contribution in [-0.2, 0) is 4.74 Å². The van der Waals surface area contributed by atoms with E-state index in [1.807, 2.05) is 27.7 Å². The van der Waals surface area contributed by atoms with Crippen molar-refractivity contribution in [1.29, 1.82) is 0 Å². The van der Waals surface area contributed by atoms with Gasteiger partial charge >= 0.3 is 11.9 Å². The molecule has 0 bridgehead atoms. The fraction of sp³-hybridized carbons (Fsp3) is 0.385. The number of hydrogen-bond donors (Lipinski definition) is 1. The Kier molecular flexibility index (Phi) is 3.68. The summed E-state index contributed by atoms with van der Waals surface area (Å²) in [6.45, 7) is 7.60. The van der Waals surface area contributed by atoms with E-state index in [0.29, 0.717) is 11.1 Å². The summed E-state index contributed by atoms with van der Waals surface area (Å²) in [6.07, 6.45) is 0. The summed E-state index contributed by atoms with van der Waals surface area (Å²) in [5.74, 6) is -1.03. The van der Waals surface area contributed by atoms with Crippen LogP contribution in [0.15, 0.2) is 0 Å². The lowest BCUT2D eigenvalue weighted by atomic mass is 9.90. The van der Waals surface area contributed by atoms with E-state index in [2.05, 4.69) is 4.74 Å². The summed E-state index contributed by atoms with van der Waals surface area (Å²) in [7, 11) is 1.00. The van der Waals surface area contributed by atoms with Crippen LogP contribution in [0.3, 0.4) is 0 Å². The van der Waals surface area contributed by atoms with E-state index in [1.165, 1.54) is 0 Å². The molecule has 1 aliphatic heterocycles.